The number of benzene rings is 2. The molecule has 2 aromatic carbocycles. The minimum Gasteiger partial charge on any atom is -0.388 e. The molecule has 2 heterocycles. The monoisotopic (exact) mass is 753 g/mol. The Kier molecular flexibility index (Phi) is 16.9. The van der Waals surface area contributed by atoms with Crippen LogP contribution >= 0.6 is 9.24 Å². The van der Waals surface area contributed by atoms with Gasteiger partial charge in [-0.15, -0.1) is 9.24 Å². The summed E-state index contributed by atoms with van der Waals surface area (Å²) in [4.78, 5) is 31.7. The Bertz CT molecular complexity index is 1820. The Morgan fingerprint density at radius 2 is 1.81 bits per heavy atom. The molecule has 2 aromatic heterocycles. The normalized spacial score (nSPS) is 14.4. The number of ether oxygens (including phenoxy) is 1. The molecule has 1 unspecified atom stereocenters. The smallest absolute Gasteiger partial charge is 0.237 e. The Morgan fingerprint density at radius 3 is 2.39 bits per heavy atom. The number of amides is 1. The second-order valence-electron chi connectivity index (χ2n) is 14.1. The van der Waals surface area contributed by atoms with Crippen LogP contribution in [-0.2, 0) is 20.9 Å². The zero-order chi connectivity index (χ0) is 38.9. The number of halogens is 1. The lowest BCUT2D eigenvalue weighted by molar-refractivity contribution is -0.126. The van der Waals surface area contributed by atoms with E-state index in [1.54, 1.807) is 7.11 Å². The summed E-state index contributed by atoms with van der Waals surface area (Å²) >= 11 is 0. The van der Waals surface area contributed by atoms with Gasteiger partial charge in [-0.1, -0.05) is 43.5 Å². The van der Waals surface area contributed by atoms with Gasteiger partial charge in [-0.2, -0.15) is 0 Å². The van der Waals surface area contributed by atoms with E-state index in [0.717, 1.165) is 49.8 Å². The van der Waals surface area contributed by atoms with Crippen LogP contribution in [-0.4, -0.2) is 49.5 Å². The van der Waals surface area contributed by atoms with Crippen molar-refractivity contribution in [2.24, 2.45) is 5.41 Å². The number of aryl methyl sites for hydroxylation is 1. The van der Waals surface area contributed by atoms with Crippen LogP contribution < -0.4 is 21.3 Å². The number of carbonyl (C=O) groups is 2. The third kappa shape index (κ3) is 12.6. The fourth-order valence-corrected chi connectivity index (χ4v) is 6.54. The summed E-state index contributed by atoms with van der Waals surface area (Å²) in [5.41, 5.74) is 9.63. The third-order valence-corrected chi connectivity index (χ3v) is 10.4. The molecular formula is C44H57FN5O3P. The number of allylic oxidation sites excluding steroid dienone is 1. The number of hydrogen-bond acceptors (Lipinski definition) is 7. The average Bonchev–Trinajstić information content (AvgIpc) is 3.96. The van der Waals surface area contributed by atoms with Gasteiger partial charge in [0.1, 0.15) is 17.5 Å². The van der Waals surface area contributed by atoms with Crippen molar-refractivity contribution in [1.29, 1.82) is 0 Å². The van der Waals surface area contributed by atoms with E-state index in [0.29, 0.717) is 24.8 Å². The van der Waals surface area contributed by atoms with E-state index in [9.17, 15) is 14.0 Å². The highest BCUT2D eigenvalue weighted by Crippen LogP contribution is 2.44. The predicted molar refractivity (Wildman–Crippen MR) is 224 cm³/mol. The largest absolute Gasteiger partial charge is 0.388 e. The van der Waals surface area contributed by atoms with Crippen molar-refractivity contribution < 1.29 is 18.7 Å². The summed E-state index contributed by atoms with van der Waals surface area (Å²) in [5.74, 6) is 0.0703. The number of methoxy groups -OCH3 is 1. The Morgan fingerprint density at radius 1 is 1.06 bits per heavy atom. The number of nitrogens with one attached hydrogen (secondary N) is 3. The maximum absolute atomic E-state index is 12.6. The molecule has 6 rings (SSSR count). The molecule has 54 heavy (non-hydrogen) atoms. The summed E-state index contributed by atoms with van der Waals surface area (Å²) in [5, 5.41) is 10.3. The lowest BCUT2D eigenvalue weighted by atomic mass is 9.78. The Labute approximate surface area is 323 Å². The maximum Gasteiger partial charge on any atom is 0.237 e. The predicted octanol–water partition coefficient (Wildman–Crippen LogP) is 8.80. The Hall–Kier alpha value is -4.30. The van der Waals surface area contributed by atoms with E-state index in [2.05, 4.69) is 88.4 Å². The van der Waals surface area contributed by atoms with Crippen molar-refractivity contribution in [3.63, 3.8) is 0 Å². The van der Waals surface area contributed by atoms with Gasteiger partial charge in [0.2, 0.25) is 5.91 Å². The highest BCUT2D eigenvalue weighted by Gasteiger charge is 2.50. The van der Waals surface area contributed by atoms with Crippen molar-refractivity contribution in [2.45, 2.75) is 84.6 Å². The zero-order valence-electron chi connectivity index (χ0n) is 32.5. The quantitative estimate of drug-likeness (QED) is 0.0483. The highest BCUT2D eigenvalue weighted by molar-refractivity contribution is 7.28. The highest BCUT2D eigenvalue weighted by atomic mass is 31.0. The number of anilines is 2. The Balaban J connectivity index is 0.000000214. The lowest BCUT2D eigenvalue weighted by Gasteiger charge is -2.27. The van der Waals surface area contributed by atoms with Crippen molar-refractivity contribution in [2.75, 3.05) is 37.9 Å². The molecule has 2 saturated carbocycles. The number of carbonyl (C=O) groups excluding carboxylic acids is 2. The van der Waals surface area contributed by atoms with Crippen LogP contribution in [0, 0.1) is 25.1 Å². The molecule has 1 atom stereocenters. The number of aromatic nitrogens is 2. The zero-order valence-corrected chi connectivity index (χ0v) is 33.7. The lowest BCUT2D eigenvalue weighted by Crippen LogP contribution is -2.25. The summed E-state index contributed by atoms with van der Waals surface area (Å²) in [6, 6.07) is 18.3. The molecular weight excluding hydrogens is 696 g/mol. The first kappa shape index (κ1) is 42.4. The van der Waals surface area contributed by atoms with Crippen LogP contribution in [0.15, 0.2) is 73.1 Å². The molecule has 2 aliphatic carbocycles. The fourth-order valence-electron chi connectivity index (χ4n) is 6.04. The van der Waals surface area contributed by atoms with Gasteiger partial charge in [0, 0.05) is 51.0 Å². The van der Waals surface area contributed by atoms with Gasteiger partial charge in [0.15, 0.2) is 0 Å². The maximum atomic E-state index is 12.6. The summed E-state index contributed by atoms with van der Waals surface area (Å²) in [6.07, 6.45) is 15.5. The van der Waals surface area contributed by atoms with Crippen LogP contribution in [0.3, 0.4) is 0 Å². The van der Waals surface area contributed by atoms with Crippen molar-refractivity contribution in [3.05, 3.63) is 113 Å². The van der Waals surface area contributed by atoms with Gasteiger partial charge < -0.3 is 25.5 Å². The molecule has 4 aromatic rings. The van der Waals surface area contributed by atoms with Crippen LogP contribution in [0.25, 0.3) is 11.6 Å². The molecule has 2 fully saturated rings. The van der Waals surface area contributed by atoms with Gasteiger partial charge in [0.25, 0.3) is 0 Å². The molecule has 0 radical (unpaired) electrons. The number of aldehydes is 1. The standard InChI is InChI=1S/C25H35N3O.C11H10FNO2.C8H12NP/c1-4-5-7-22(24-11-10-20(18-28-24)17-26-14-15-29-3)16-25-19(2)23(12-13-27-25)21-8-6-9-21;12-8-1-3-9(4-2-8)13-10(15)11(7-14)5-6-11;1-6-3-4-7(9-2)8(10)5-6/h10-13,16,18,21,26H,4-9,14-15,17H2,1-3H3;1-4,7H,5-6H2,(H,13,15);3-5,9H,10H2,1-2H3/b22-16+;;. The summed E-state index contributed by atoms with van der Waals surface area (Å²) in [6.45, 7) is 8.94. The molecule has 0 aliphatic heterocycles. The van der Waals surface area contributed by atoms with Gasteiger partial charge in [0.05, 0.1) is 18.0 Å². The molecule has 288 valence electrons. The topological polar surface area (TPSA) is 105 Å². The van der Waals surface area contributed by atoms with E-state index < -0.39 is 5.41 Å². The minimum atomic E-state index is -0.825. The van der Waals surface area contributed by atoms with E-state index in [-0.39, 0.29) is 11.7 Å². The summed E-state index contributed by atoms with van der Waals surface area (Å²) < 4.78 is 17.6. The molecule has 3 N–H and O–H groups in total. The first-order valence-corrected chi connectivity index (χ1v) is 19.6. The average molecular weight is 754 g/mol. The first-order chi connectivity index (χ1) is 26.1. The number of pyridine rings is 2. The molecule has 8 nitrogen and oxygen atoms in total. The van der Waals surface area contributed by atoms with E-state index >= 15 is 0 Å². The van der Waals surface area contributed by atoms with Gasteiger partial charge >= 0.3 is 0 Å². The van der Waals surface area contributed by atoms with Crippen molar-refractivity contribution >= 4 is 49.8 Å². The van der Waals surface area contributed by atoms with Crippen LogP contribution in [0.1, 0.15) is 97.8 Å². The minimum absolute atomic E-state index is 0.302. The number of rotatable bonds is 15. The van der Waals surface area contributed by atoms with E-state index in [4.69, 9.17) is 14.7 Å². The van der Waals surface area contributed by atoms with Gasteiger partial charge in [-0.05, 0) is 134 Å². The van der Waals surface area contributed by atoms with Gasteiger partial charge in [-0.3, -0.25) is 14.8 Å². The first-order valence-electron chi connectivity index (χ1n) is 19.0. The second-order valence-corrected chi connectivity index (χ2v) is 14.7. The molecule has 1 amide bonds. The molecule has 10 heteroatoms. The van der Waals surface area contributed by atoms with E-state index in [1.165, 1.54) is 88.8 Å². The third-order valence-electron chi connectivity index (χ3n) is 9.95. The summed E-state index contributed by atoms with van der Waals surface area (Å²) in [7, 11) is 6.35. The molecule has 0 spiro atoms. The van der Waals surface area contributed by atoms with Crippen LogP contribution in [0.2, 0.25) is 0 Å². The molecule has 0 saturated heterocycles. The fraction of sp³-hybridized carbons (Fsp3) is 0.409. The number of nitrogens with zero attached hydrogens (tertiary/aromatic N) is 2. The van der Waals surface area contributed by atoms with Crippen LogP contribution in [0.5, 0.6) is 0 Å². The number of hydrogen-bond donors (Lipinski definition) is 3. The molecule has 0 bridgehead atoms. The second kappa shape index (κ2) is 21.6. The van der Waals surface area contributed by atoms with Crippen LogP contribution in [0.4, 0.5) is 15.8 Å². The van der Waals surface area contributed by atoms with Crippen molar-refractivity contribution in [1.82, 2.24) is 15.3 Å². The van der Waals surface area contributed by atoms with Crippen molar-refractivity contribution in [3.8, 4) is 0 Å². The van der Waals surface area contributed by atoms with Gasteiger partial charge in [-0.25, -0.2) is 4.39 Å². The SMILES string of the molecule is CCCC/C(=C\c1nccc(C2CCC2)c1C)c1ccc(CNCCOC)cn1.CNc1ccc(C)cc1P.O=CC1(C(=O)Nc2ccc(F)cc2)CC1. The molecule has 2 aliphatic rings. The van der Waals surface area contributed by atoms with E-state index in [1.807, 2.05) is 19.4 Å². The number of unbranched alkanes of at least 4 members (excludes halogenated alkanes) is 1.